The molecule has 0 atom stereocenters. The summed E-state index contributed by atoms with van der Waals surface area (Å²) in [5, 5.41) is 3.24. The van der Waals surface area contributed by atoms with Crippen molar-refractivity contribution >= 4 is 45.8 Å². The Morgan fingerprint density at radius 1 is 1.22 bits per heavy atom. The maximum absolute atomic E-state index is 13.0. The molecule has 0 bridgehead atoms. The van der Waals surface area contributed by atoms with E-state index in [1.807, 2.05) is 49.4 Å². The molecule has 190 valence electrons. The van der Waals surface area contributed by atoms with Gasteiger partial charge in [-0.15, -0.1) is 11.8 Å². The fourth-order valence-electron chi connectivity index (χ4n) is 2.98. The van der Waals surface area contributed by atoms with E-state index >= 15 is 0 Å². The Morgan fingerprint density at radius 2 is 1.86 bits per heavy atom. The van der Waals surface area contributed by atoms with Crippen LogP contribution in [0.4, 0.5) is 26.0 Å². The van der Waals surface area contributed by atoms with Gasteiger partial charge in [-0.3, -0.25) is 0 Å². The van der Waals surface area contributed by atoms with Crippen LogP contribution >= 0.6 is 11.8 Å². The van der Waals surface area contributed by atoms with Crippen LogP contribution in [0.3, 0.4) is 0 Å². The minimum absolute atomic E-state index is 0. The number of hydrogen-bond donors (Lipinski definition) is 2. The molecule has 0 spiro atoms. The van der Waals surface area contributed by atoms with E-state index in [0.29, 0.717) is 11.2 Å². The minimum atomic E-state index is -2.74. The zero-order valence-corrected chi connectivity index (χ0v) is 26.0. The van der Waals surface area contributed by atoms with Crippen LogP contribution in [0, 0.1) is 0 Å². The van der Waals surface area contributed by atoms with E-state index in [4.69, 9.17) is 5.73 Å². The molecule has 0 saturated heterocycles. The first-order chi connectivity index (χ1) is 16.8. The number of fused-ring (bicyclic) bond motifs is 1. The van der Waals surface area contributed by atoms with Crippen LogP contribution in [0.15, 0.2) is 48.0 Å². The third kappa shape index (κ3) is 9.46. The van der Waals surface area contributed by atoms with Crippen molar-refractivity contribution in [3.63, 3.8) is 0 Å². The Labute approximate surface area is 260 Å². The minimum Gasteiger partial charge on any atom is -0.482 e. The van der Waals surface area contributed by atoms with Crippen molar-refractivity contribution in [2.75, 3.05) is 18.6 Å². The Balaban J connectivity index is 0.000000824. The summed E-state index contributed by atoms with van der Waals surface area (Å²) >= 11 is 1.55. The van der Waals surface area contributed by atoms with Crippen LogP contribution in [-0.4, -0.2) is 33.2 Å². The number of anilines is 2. The van der Waals surface area contributed by atoms with Gasteiger partial charge in [-0.25, -0.2) is 13.8 Å². The van der Waals surface area contributed by atoms with Gasteiger partial charge in [-0.05, 0) is 43.1 Å². The molecule has 0 aliphatic heterocycles. The number of allylic oxidation sites excluding steroid dienone is 1. The molecule has 1 aliphatic rings. The topological polar surface area (TPSA) is 80.6 Å². The predicted octanol–water partition coefficient (Wildman–Crippen LogP) is 6.07. The number of imidazole rings is 1. The van der Waals surface area contributed by atoms with E-state index < -0.39 is 12.2 Å². The Kier molecular flexibility index (Phi) is 14.9. The van der Waals surface area contributed by atoms with Crippen LogP contribution < -0.4 is 56.7 Å². The van der Waals surface area contributed by atoms with E-state index in [0.717, 1.165) is 21.8 Å². The van der Waals surface area contributed by atoms with Crippen LogP contribution in [0.2, 0.25) is 0 Å². The molecule has 4 rings (SSSR count). The van der Waals surface area contributed by atoms with Crippen molar-refractivity contribution in [2.45, 2.75) is 57.8 Å². The molecule has 0 amide bonds. The van der Waals surface area contributed by atoms with Crippen LogP contribution in [0.25, 0.3) is 22.6 Å². The van der Waals surface area contributed by atoms with Crippen molar-refractivity contribution in [3.05, 3.63) is 60.2 Å². The van der Waals surface area contributed by atoms with Gasteiger partial charge in [0.2, 0.25) is 0 Å². The summed E-state index contributed by atoms with van der Waals surface area (Å²) in [6.07, 6.45) is 8.71. The summed E-state index contributed by atoms with van der Waals surface area (Å²) in [5.41, 5.74) is 11.6. The standard InChI is InChI=1S/C20H21F2N6S.C3H6.C3H8.K/c1-5-14(28(3)6-2)11-7-8-12(15(9-11)29-4)24-13-10-16(23)25-19-17(13)26-20(27-19)18(21)22;1-2-3-1;1-3-2;/h5-10,18H,2H2,1,3-4H3,(H3-,23,24,25,26,27);1-3H2;3H2,1-2H3;/q-1;;;+1/b14-5-;;;. The number of hydrogen-bond acceptors (Lipinski definition) is 5. The van der Waals surface area contributed by atoms with Gasteiger partial charge in [0.25, 0.3) is 6.43 Å². The number of halogens is 2. The van der Waals surface area contributed by atoms with E-state index in [9.17, 15) is 8.78 Å². The van der Waals surface area contributed by atoms with Gasteiger partial charge in [0.1, 0.15) is 0 Å². The number of nitrogens with zero attached hydrogens (tertiary/aromatic N) is 3. The molecule has 6 nitrogen and oxygen atoms in total. The molecule has 1 aromatic carbocycles. The van der Waals surface area contributed by atoms with Gasteiger partial charge in [0.15, 0.2) is 5.82 Å². The quantitative estimate of drug-likeness (QED) is 0.281. The molecule has 0 unspecified atom stereocenters. The van der Waals surface area contributed by atoms with Gasteiger partial charge >= 0.3 is 51.4 Å². The second-order valence-electron chi connectivity index (χ2n) is 7.95. The number of benzene rings is 1. The van der Waals surface area contributed by atoms with E-state index in [1.54, 1.807) is 18.0 Å². The number of rotatable bonds is 7. The van der Waals surface area contributed by atoms with Crippen LogP contribution in [-0.2, 0) is 0 Å². The zero-order chi connectivity index (χ0) is 26.0. The van der Waals surface area contributed by atoms with Crippen molar-refractivity contribution in [1.29, 1.82) is 0 Å². The Morgan fingerprint density at radius 3 is 2.36 bits per heavy atom. The Hall–Kier alpha value is -1.43. The molecule has 3 N–H and O–H groups in total. The second-order valence-corrected chi connectivity index (χ2v) is 8.80. The molecular weight excluding hydrogens is 505 g/mol. The fraction of sp³-hybridized carbons (Fsp3) is 0.385. The number of H-pyrrole nitrogens is 1. The molecule has 0 radical (unpaired) electrons. The second kappa shape index (κ2) is 16.4. The number of thioether (sulfide) groups is 1. The summed E-state index contributed by atoms with van der Waals surface area (Å²) in [7, 11) is 1.93. The van der Waals surface area contributed by atoms with Crippen molar-refractivity contribution in [2.24, 2.45) is 0 Å². The Bertz CT molecular complexity index is 1140. The monoisotopic (exact) mass is 540 g/mol. The van der Waals surface area contributed by atoms with Gasteiger partial charge in [0, 0.05) is 17.6 Å². The maximum atomic E-state index is 13.0. The third-order valence-corrected chi connectivity index (χ3v) is 5.51. The number of pyridine rings is 1. The van der Waals surface area contributed by atoms with Gasteiger partial charge < -0.3 is 25.9 Å². The zero-order valence-electron chi connectivity index (χ0n) is 22.1. The fourth-order valence-corrected chi connectivity index (χ4v) is 3.56. The summed E-state index contributed by atoms with van der Waals surface area (Å²) in [6.45, 7) is 10.0. The normalized spacial score (nSPS) is 12.1. The number of aromatic amines is 1. The predicted molar refractivity (Wildman–Crippen MR) is 146 cm³/mol. The molecule has 2 heterocycles. The molecular formula is C26H35F2KN6S. The van der Waals surface area contributed by atoms with Gasteiger partial charge in [-0.1, -0.05) is 64.1 Å². The summed E-state index contributed by atoms with van der Waals surface area (Å²) in [4.78, 5) is 13.2. The average molecular weight is 541 g/mol. The van der Waals surface area contributed by atoms with Crippen molar-refractivity contribution in [1.82, 2.24) is 19.9 Å². The molecule has 1 saturated carbocycles. The average Bonchev–Trinajstić information content (AvgIpc) is 3.66. The largest absolute Gasteiger partial charge is 1.00 e. The number of alkyl halides is 2. The van der Waals surface area contributed by atoms with Crippen molar-refractivity contribution in [3.8, 4) is 0 Å². The molecule has 10 heteroatoms. The van der Waals surface area contributed by atoms with E-state index in [2.05, 4.69) is 40.7 Å². The third-order valence-electron chi connectivity index (χ3n) is 4.73. The first kappa shape index (κ1) is 32.6. The van der Waals surface area contributed by atoms with Crippen molar-refractivity contribution < 1.29 is 60.2 Å². The van der Waals surface area contributed by atoms with Gasteiger partial charge in [0.05, 0.1) is 22.5 Å². The summed E-state index contributed by atoms with van der Waals surface area (Å²) in [6, 6.07) is 7.41. The van der Waals surface area contributed by atoms with Gasteiger partial charge in [-0.2, -0.15) is 0 Å². The first-order valence-electron chi connectivity index (χ1n) is 11.7. The molecule has 2 aromatic heterocycles. The molecule has 36 heavy (non-hydrogen) atoms. The van der Waals surface area contributed by atoms with E-state index in [-0.39, 0.29) is 62.8 Å². The number of aromatic nitrogens is 3. The summed E-state index contributed by atoms with van der Waals surface area (Å²) in [5.74, 6) is -0.523. The molecule has 3 aromatic rings. The smallest absolute Gasteiger partial charge is 0.482 e. The molecule has 1 fully saturated rings. The first-order valence-corrected chi connectivity index (χ1v) is 12.9. The SMILES string of the molecule is C1CC1.C=CN(C)/C(=C\C)c1ccc(Nc2cc([NH-])nc3nc(C(F)F)[nH]c23)c(SC)c1.CCC.[K+]. The van der Waals surface area contributed by atoms with Crippen LogP contribution in [0.5, 0.6) is 0 Å². The molecule has 1 aliphatic carbocycles. The maximum Gasteiger partial charge on any atom is 1.00 e. The van der Waals surface area contributed by atoms with E-state index in [1.165, 1.54) is 31.7 Å². The summed E-state index contributed by atoms with van der Waals surface area (Å²) < 4.78 is 26.0. The number of nitrogens with one attached hydrogen (secondary N) is 3. The van der Waals surface area contributed by atoms with Crippen LogP contribution in [0.1, 0.15) is 64.3 Å².